The van der Waals surface area contributed by atoms with Crippen LogP contribution in [0.4, 0.5) is 5.69 Å². The lowest BCUT2D eigenvalue weighted by Crippen LogP contribution is -2.34. The van der Waals surface area contributed by atoms with Crippen LogP contribution in [0.1, 0.15) is 25.7 Å². The number of hydrogen-bond acceptors (Lipinski definition) is 5. The molecule has 168 valence electrons. The average molecular weight is 457 g/mol. The third-order valence-electron chi connectivity index (χ3n) is 5.53. The van der Waals surface area contributed by atoms with E-state index in [1.807, 2.05) is 0 Å². The van der Waals surface area contributed by atoms with Crippen molar-refractivity contribution < 1.29 is 13.2 Å². The molecule has 0 atom stereocenters. The third-order valence-corrected chi connectivity index (χ3v) is 7.44. The summed E-state index contributed by atoms with van der Waals surface area (Å²) < 4.78 is 28.2. The molecule has 1 aliphatic rings. The number of carbonyl (C=O) groups excluding carboxylic acids is 1. The van der Waals surface area contributed by atoms with Crippen molar-refractivity contribution in [1.29, 1.82) is 0 Å². The molecule has 4 rings (SSSR count). The van der Waals surface area contributed by atoms with Gasteiger partial charge >= 0.3 is 0 Å². The predicted molar refractivity (Wildman–Crippen MR) is 121 cm³/mol. The summed E-state index contributed by atoms with van der Waals surface area (Å²) in [6, 6.07) is 12.3. The zero-order valence-corrected chi connectivity index (χ0v) is 18.2. The van der Waals surface area contributed by atoms with E-state index in [1.165, 1.54) is 34.6 Å². The quantitative estimate of drug-likeness (QED) is 0.607. The number of rotatable bonds is 5. The van der Waals surface area contributed by atoms with Gasteiger partial charge in [0, 0.05) is 18.8 Å². The SMILES string of the molecule is O=C(Cn1[nH]c(=O)c2ccccc2c1=O)Nc1ccc(S(=O)(=O)N2CCCCCC2)cc1. The van der Waals surface area contributed by atoms with Crippen molar-refractivity contribution >= 4 is 32.4 Å². The van der Waals surface area contributed by atoms with E-state index in [1.54, 1.807) is 18.2 Å². The highest BCUT2D eigenvalue weighted by atomic mass is 32.2. The minimum Gasteiger partial charge on any atom is -0.324 e. The largest absolute Gasteiger partial charge is 0.324 e. The summed E-state index contributed by atoms with van der Waals surface area (Å²) in [5, 5.41) is 5.52. The monoisotopic (exact) mass is 456 g/mol. The number of aromatic amines is 1. The average Bonchev–Trinajstić information content (AvgIpc) is 3.08. The van der Waals surface area contributed by atoms with Gasteiger partial charge in [-0.1, -0.05) is 25.0 Å². The van der Waals surface area contributed by atoms with Crippen molar-refractivity contribution in [2.75, 3.05) is 18.4 Å². The number of carbonyl (C=O) groups is 1. The van der Waals surface area contributed by atoms with Gasteiger partial charge in [-0.3, -0.25) is 19.5 Å². The molecule has 1 fully saturated rings. The first kappa shape index (κ1) is 22.0. The lowest BCUT2D eigenvalue weighted by atomic mass is 10.2. The maximum absolute atomic E-state index is 12.9. The Kier molecular flexibility index (Phi) is 6.24. The Balaban J connectivity index is 1.48. The van der Waals surface area contributed by atoms with E-state index in [-0.39, 0.29) is 22.2 Å². The van der Waals surface area contributed by atoms with Gasteiger partial charge in [0.2, 0.25) is 15.9 Å². The second kappa shape index (κ2) is 9.09. The molecule has 0 spiro atoms. The Hall–Kier alpha value is -3.24. The number of nitrogens with zero attached hydrogens (tertiary/aromatic N) is 2. The van der Waals surface area contributed by atoms with E-state index in [0.717, 1.165) is 30.4 Å². The summed E-state index contributed by atoms with van der Waals surface area (Å²) in [5.74, 6) is -0.527. The Bertz CT molecular complexity index is 1350. The molecule has 1 saturated heterocycles. The fourth-order valence-electron chi connectivity index (χ4n) is 3.84. The van der Waals surface area contributed by atoms with Crippen LogP contribution < -0.4 is 16.4 Å². The summed E-state index contributed by atoms with van der Waals surface area (Å²) in [6.07, 6.45) is 3.76. The smallest absolute Gasteiger partial charge is 0.273 e. The summed E-state index contributed by atoms with van der Waals surface area (Å²) in [5.41, 5.74) is -0.550. The number of benzene rings is 2. The topological polar surface area (TPSA) is 121 Å². The zero-order valence-electron chi connectivity index (χ0n) is 17.4. The summed E-state index contributed by atoms with van der Waals surface area (Å²) in [7, 11) is -3.57. The first-order chi connectivity index (χ1) is 15.4. The van der Waals surface area contributed by atoms with Crippen molar-refractivity contribution in [3.8, 4) is 0 Å². The van der Waals surface area contributed by atoms with Crippen LogP contribution >= 0.6 is 0 Å². The maximum Gasteiger partial charge on any atom is 0.273 e. The molecular weight excluding hydrogens is 432 g/mol. The highest BCUT2D eigenvalue weighted by Crippen LogP contribution is 2.21. The molecule has 2 heterocycles. The number of anilines is 1. The number of H-pyrrole nitrogens is 1. The molecule has 0 saturated carbocycles. The van der Waals surface area contributed by atoms with Crippen LogP contribution in [0.2, 0.25) is 0 Å². The number of hydrogen-bond donors (Lipinski definition) is 2. The Morgan fingerprint density at radius 1 is 0.906 bits per heavy atom. The number of sulfonamides is 1. The van der Waals surface area contributed by atoms with Crippen LogP contribution in [0.3, 0.4) is 0 Å². The van der Waals surface area contributed by atoms with Crippen molar-refractivity contribution in [2.45, 2.75) is 37.1 Å². The first-order valence-corrected chi connectivity index (χ1v) is 11.9. The Morgan fingerprint density at radius 2 is 1.53 bits per heavy atom. The van der Waals surface area contributed by atoms with Crippen LogP contribution in [0, 0.1) is 0 Å². The van der Waals surface area contributed by atoms with Crippen LogP contribution in [0.5, 0.6) is 0 Å². The standard InChI is InChI=1S/C22H24N4O5S/c27-20(15-26-22(29)19-8-4-3-7-18(19)21(28)24-26)23-16-9-11-17(12-10-16)32(30,31)25-13-5-1-2-6-14-25/h3-4,7-12H,1-2,5-6,13-15H2,(H,23,27)(H,24,28). The molecule has 0 aliphatic carbocycles. The minimum absolute atomic E-state index is 0.174. The van der Waals surface area contributed by atoms with Gasteiger partial charge in [0.05, 0.1) is 15.7 Å². The molecule has 10 heteroatoms. The van der Waals surface area contributed by atoms with E-state index >= 15 is 0 Å². The summed E-state index contributed by atoms with van der Waals surface area (Å²) >= 11 is 0. The second-order valence-corrected chi connectivity index (χ2v) is 9.71. The van der Waals surface area contributed by atoms with Gasteiger partial charge in [-0.05, 0) is 49.2 Å². The molecule has 1 aliphatic heterocycles. The number of nitrogens with one attached hydrogen (secondary N) is 2. The first-order valence-electron chi connectivity index (χ1n) is 10.5. The van der Waals surface area contributed by atoms with Gasteiger partial charge in [-0.2, -0.15) is 4.31 Å². The molecule has 0 unspecified atom stereocenters. The van der Waals surface area contributed by atoms with Gasteiger partial charge in [-0.15, -0.1) is 0 Å². The molecule has 0 bridgehead atoms. The minimum atomic E-state index is -3.57. The van der Waals surface area contributed by atoms with E-state index in [9.17, 15) is 22.8 Å². The Morgan fingerprint density at radius 3 is 2.19 bits per heavy atom. The maximum atomic E-state index is 12.9. The van der Waals surface area contributed by atoms with Crippen molar-refractivity contribution in [1.82, 2.24) is 14.1 Å². The van der Waals surface area contributed by atoms with Gasteiger partial charge in [0.1, 0.15) is 6.54 Å². The molecule has 2 N–H and O–H groups in total. The third kappa shape index (κ3) is 4.51. The van der Waals surface area contributed by atoms with E-state index in [4.69, 9.17) is 0 Å². The number of aromatic nitrogens is 2. The molecule has 1 aromatic heterocycles. The lowest BCUT2D eigenvalue weighted by Gasteiger charge is -2.20. The molecule has 0 radical (unpaired) electrons. The van der Waals surface area contributed by atoms with E-state index in [2.05, 4.69) is 10.4 Å². The summed E-state index contributed by atoms with van der Waals surface area (Å²) in [4.78, 5) is 37.3. The van der Waals surface area contributed by atoms with Crippen LogP contribution in [-0.4, -0.2) is 41.5 Å². The van der Waals surface area contributed by atoms with Crippen molar-refractivity contribution in [3.05, 3.63) is 69.2 Å². The van der Waals surface area contributed by atoms with Crippen LogP contribution in [0.15, 0.2) is 63.0 Å². The van der Waals surface area contributed by atoms with Crippen LogP contribution in [0.25, 0.3) is 10.8 Å². The van der Waals surface area contributed by atoms with Crippen LogP contribution in [-0.2, 0) is 21.4 Å². The molecule has 2 aromatic carbocycles. The van der Waals surface area contributed by atoms with Gasteiger partial charge in [0.25, 0.3) is 11.1 Å². The second-order valence-electron chi connectivity index (χ2n) is 7.77. The van der Waals surface area contributed by atoms with Gasteiger partial charge in [-0.25, -0.2) is 13.1 Å². The molecular formula is C22H24N4O5S. The highest BCUT2D eigenvalue weighted by Gasteiger charge is 2.25. The van der Waals surface area contributed by atoms with Gasteiger partial charge in [0.15, 0.2) is 0 Å². The fourth-order valence-corrected chi connectivity index (χ4v) is 5.36. The normalized spacial score (nSPS) is 15.4. The van der Waals surface area contributed by atoms with Crippen molar-refractivity contribution in [2.24, 2.45) is 0 Å². The number of fused-ring (bicyclic) bond motifs is 1. The van der Waals surface area contributed by atoms with E-state index < -0.39 is 27.0 Å². The predicted octanol–water partition coefficient (Wildman–Crippen LogP) is 1.89. The molecule has 9 nitrogen and oxygen atoms in total. The zero-order chi connectivity index (χ0) is 22.7. The summed E-state index contributed by atoms with van der Waals surface area (Å²) in [6.45, 7) is 0.645. The fraction of sp³-hybridized carbons (Fsp3) is 0.318. The highest BCUT2D eigenvalue weighted by molar-refractivity contribution is 7.89. The number of amides is 1. The molecule has 3 aromatic rings. The molecule has 32 heavy (non-hydrogen) atoms. The lowest BCUT2D eigenvalue weighted by molar-refractivity contribution is -0.117. The van der Waals surface area contributed by atoms with Gasteiger partial charge < -0.3 is 5.32 Å². The van der Waals surface area contributed by atoms with Crippen molar-refractivity contribution in [3.63, 3.8) is 0 Å². The van der Waals surface area contributed by atoms with E-state index in [0.29, 0.717) is 18.8 Å². The molecule has 1 amide bonds. The Labute approximate surface area is 184 Å².